The van der Waals surface area contributed by atoms with Crippen molar-refractivity contribution in [1.29, 1.82) is 0 Å². The molecule has 5 rings (SSSR count). The molecular weight excluding hydrogens is 411 g/mol. The van der Waals surface area contributed by atoms with Crippen LogP contribution < -0.4 is 10.1 Å². The molecule has 166 valence electrons. The molecule has 1 aliphatic heterocycles. The molecule has 1 aromatic carbocycles. The molecule has 2 saturated carbocycles. The SMILES string of the molecule is O=C(NC1CCC(OC2CC(F)(F)C2)CC1)c1cc(F)c2c(c1)-c1cncn1CCO2. The molecule has 0 spiro atoms. The van der Waals surface area contributed by atoms with Crippen molar-refractivity contribution in [2.45, 2.75) is 69.2 Å². The smallest absolute Gasteiger partial charge is 0.253 e. The number of halogens is 3. The zero-order chi connectivity index (χ0) is 21.6. The van der Waals surface area contributed by atoms with Gasteiger partial charge in [0.05, 0.1) is 37.0 Å². The van der Waals surface area contributed by atoms with Gasteiger partial charge in [0.1, 0.15) is 6.61 Å². The van der Waals surface area contributed by atoms with E-state index in [1.165, 1.54) is 6.07 Å². The van der Waals surface area contributed by atoms with Gasteiger partial charge in [0, 0.05) is 30.0 Å². The number of nitrogens with zero attached hydrogens (tertiary/aromatic N) is 2. The van der Waals surface area contributed by atoms with Crippen LogP contribution in [0.15, 0.2) is 24.7 Å². The first-order chi connectivity index (χ1) is 14.9. The van der Waals surface area contributed by atoms with Crippen molar-refractivity contribution in [2.24, 2.45) is 0 Å². The van der Waals surface area contributed by atoms with Crippen LogP contribution in [0, 0.1) is 5.82 Å². The zero-order valence-corrected chi connectivity index (χ0v) is 17.0. The van der Waals surface area contributed by atoms with Crippen LogP contribution in [0.2, 0.25) is 0 Å². The fraction of sp³-hybridized carbons (Fsp3) is 0.545. The van der Waals surface area contributed by atoms with E-state index >= 15 is 0 Å². The first-order valence-corrected chi connectivity index (χ1v) is 10.7. The Hall–Kier alpha value is -2.55. The topological polar surface area (TPSA) is 65.4 Å². The van der Waals surface area contributed by atoms with Crippen molar-refractivity contribution in [3.05, 3.63) is 36.0 Å². The highest BCUT2D eigenvalue weighted by molar-refractivity contribution is 5.96. The predicted octanol–water partition coefficient (Wildman–Crippen LogP) is 3.94. The summed E-state index contributed by atoms with van der Waals surface area (Å²) in [6, 6.07) is 2.78. The second-order valence-corrected chi connectivity index (χ2v) is 8.62. The lowest BCUT2D eigenvalue weighted by molar-refractivity contribution is -0.185. The number of carbonyl (C=O) groups is 1. The summed E-state index contributed by atoms with van der Waals surface area (Å²) < 4.78 is 53.8. The summed E-state index contributed by atoms with van der Waals surface area (Å²) in [4.78, 5) is 16.9. The largest absolute Gasteiger partial charge is 0.488 e. The summed E-state index contributed by atoms with van der Waals surface area (Å²) in [5.41, 5.74) is 1.44. The minimum atomic E-state index is -2.58. The molecule has 6 nitrogen and oxygen atoms in total. The van der Waals surface area contributed by atoms with E-state index in [0.29, 0.717) is 50.1 Å². The molecule has 2 aliphatic carbocycles. The predicted molar refractivity (Wildman–Crippen MR) is 106 cm³/mol. The molecule has 1 amide bonds. The first-order valence-electron chi connectivity index (χ1n) is 10.7. The van der Waals surface area contributed by atoms with Crippen molar-refractivity contribution in [3.63, 3.8) is 0 Å². The number of imidazole rings is 1. The van der Waals surface area contributed by atoms with E-state index in [2.05, 4.69) is 10.3 Å². The van der Waals surface area contributed by atoms with Crippen LogP contribution in [-0.2, 0) is 11.3 Å². The number of hydrogen-bond acceptors (Lipinski definition) is 4. The fourth-order valence-corrected chi connectivity index (χ4v) is 4.62. The number of aromatic nitrogens is 2. The van der Waals surface area contributed by atoms with Gasteiger partial charge in [0.25, 0.3) is 11.8 Å². The highest BCUT2D eigenvalue weighted by Gasteiger charge is 2.47. The molecule has 2 fully saturated rings. The van der Waals surface area contributed by atoms with E-state index in [4.69, 9.17) is 9.47 Å². The second kappa shape index (κ2) is 7.85. The number of benzene rings is 1. The van der Waals surface area contributed by atoms with Gasteiger partial charge in [0.2, 0.25) is 0 Å². The second-order valence-electron chi connectivity index (χ2n) is 8.62. The maximum absolute atomic E-state index is 14.7. The molecule has 0 radical (unpaired) electrons. The normalized spacial score (nSPS) is 24.9. The molecule has 9 heteroatoms. The number of ether oxygens (including phenoxy) is 2. The molecule has 0 bridgehead atoms. The molecule has 0 saturated heterocycles. The van der Waals surface area contributed by atoms with E-state index in [1.807, 2.05) is 4.57 Å². The van der Waals surface area contributed by atoms with E-state index < -0.39 is 11.7 Å². The molecule has 0 unspecified atom stereocenters. The van der Waals surface area contributed by atoms with Gasteiger partial charge in [-0.1, -0.05) is 0 Å². The van der Waals surface area contributed by atoms with Crippen molar-refractivity contribution >= 4 is 5.91 Å². The Kier molecular flexibility index (Phi) is 5.16. The van der Waals surface area contributed by atoms with Crippen molar-refractivity contribution in [3.8, 4) is 17.0 Å². The summed E-state index contributed by atoms with van der Waals surface area (Å²) in [5, 5.41) is 2.97. The number of hydrogen-bond donors (Lipinski definition) is 1. The molecule has 1 aromatic heterocycles. The average molecular weight is 435 g/mol. The van der Waals surface area contributed by atoms with E-state index in [-0.39, 0.29) is 48.3 Å². The van der Waals surface area contributed by atoms with Crippen LogP contribution in [0.1, 0.15) is 48.9 Å². The zero-order valence-electron chi connectivity index (χ0n) is 17.0. The van der Waals surface area contributed by atoms with Crippen molar-refractivity contribution < 1.29 is 27.4 Å². The molecule has 31 heavy (non-hydrogen) atoms. The molecule has 2 heterocycles. The summed E-state index contributed by atoms with van der Waals surface area (Å²) in [6.45, 7) is 0.872. The molecule has 3 aliphatic rings. The van der Waals surface area contributed by atoms with Gasteiger partial charge in [-0.2, -0.15) is 0 Å². The summed E-state index contributed by atoms with van der Waals surface area (Å²) in [6.07, 6.45) is 5.30. The molecule has 2 aromatic rings. The summed E-state index contributed by atoms with van der Waals surface area (Å²) >= 11 is 0. The Labute approximate surface area is 177 Å². The average Bonchev–Trinajstić information content (AvgIpc) is 3.10. The quantitative estimate of drug-likeness (QED) is 0.790. The number of carbonyl (C=O) groups excluding carboxylic acids is 1. The number of nitrogens with one attached hydrogen (secondary N) is 1. The van der Waals surface area contributed by atoms with Gasteiger partial charge < -0.3 is 19.4 Å². The minimum absolute atomic E-state index is 0.0448. The lowest BCUT2D eigenvalue weighted by Gasteiger charge is -2.39. The number of rotatable bonds is 4. The summed E-state index contributed by atoms with van der Waals surface area (Å²) in [5.74, 6) is -3.37. The van der Waals surface area contributed by atoms with Crippen molar-refractivity contribution in [1.82, 2.24) is 14.9 Å². The lowest BCUT2D eigenvalue weighted by atomic mass is 9.88. The van der Waals surface area contributed by atoms with Crippen molar-refractivity contribution in [2.75, 3.05) is 6.61 Å². The fourth-order valence-electron chi connectivity index (χ4n) is 4.62. The minimum Gasteiger partial charge on any atom is -0.488 e. The van der Waals surface area contributed by atoms with Crippen LogP contribution >= 0.6 is 0 Å². The number of fused-ring (bicyclic) bond motifs is 3. The Morgan fingerprint density at radius 2 is 1.97 bits per heavy atom. The van der Waals surface area contributed by atoms with Crippen LogP contribution in [0.3, 0.4) is 0 Å². The van der Waals surface area contributed by atoms with E-state index in [9.17, 15) is 18.0 Å². The Balaban J connectivity index is 1.22. The van der Waals surface area contributed by atoms with Gasteiger partial charge in [-0.25, -0.2) is 18.2 Å². The third kappa shape index (κ3) is 4.15. The lowest BCUT2D eigenvalue weighted by Crippen LogP contribution is -2.45. The number of alkyl halides is 2. The Morgan fingerprint density at radius 3 is 2.71 bits per heavy atom. The maximum atomic E-state index is 14.7. The molecule has 1 N–H and O–H groups in total. The van der Waals surface area contributed by atoms with Crippen LogP contribution in [-0.4, -0.2) is 46.2 Å². The third-order valence-corrected chi connectivity index (χ3v) is 6.32. The van der Waals surface area contributed by atoms with Gasteiger partial charge in [-0.05, 0) is 37.8 Å². The molecular formula is C22H24F3N3O3. The highest BCUT2D eigenvalue weighted by atomic mass is 19.3. The molecule has 0 atom stereocenters. The van der Waals surface area contributed by atoms with Crippen LogP contribution in [0.5, 0.6) is 5.75 Å². The van der Waals surface area contributed by atoms with Gasteiger partial charge >= 0.3 is 0 Å². The van der Waals surface area contributed by atoms with Gasteiger partial charge in [-0.15, -0.1) is 0 Å². The van der Waals surface area contributed by atoms with Crippen LogP contribution in [0.25, 0.3) is 11.3 Å². The standard InChI is InChI=1S/C22H24F3N3O3/c23-18-8-13(7-17-19-11-26-12-28(19)5-6-30-20(17)18)21(29)27-14-1-3-15(4-2-14)31-16-9-22(24,25)10-16/h7-8,11-12,14-16H,1-6,9-10H2,(H,27,29). The summed E-state index contributed by atoms with van der Waals surface area (Å²) in [7, 11) is 0. The first kappa shape index (κ1) is 20.4. The Morgan fingerprint density at radius 1 is 1.19 bits per heavy atom. The highest BCUT2D eigenvalue weighted by Crippen LogP contribution is 2.41. The van der Waals surface area contributed by atoms with Gasteiger partial charge in [-0.3, -0.25) is 4.79 Å². The van der Waals surface area contributed by atoms with Crippen LogP contribution in [0.4, 0.5) is 13.2 Å². The third-order valence-electron chi connectivity index (χ3n) is 6.32. The monoisotopic (exact) mass is 435 g/mol. The maximum Gasteiger partial charge on any atom is 0.253 e. The number of amides is 1. The Bertz CT molecular complexity index is 978. The van der Waals surface area contributed by atoms with E-state index in [1.54, 1.807) is 18.6 Å². The van der Waals surface area contributed by atoms with Gasteiger partial charge in [0.15, 0.2) is 11.6 Å². The van der Waals surface area contributed by atoms with E-state index in [0.717, 1.165) is 0 Å².